The van der Waals surface area contributed by atoms with Gasteiger partial charge < -0.3 is 5.73 Å². The van der Waals surface area contributed by atoms with Crippen molar-refractivity contribution in [3.8, 4) is 0 Å². The monoisotopic (exact) mass is 289 g/mol. The van der Waals surface area contributed by atoms with E-state index < -0.39 is 10.1 Å². The van der Waals surface area contributed by atoms with Crippen molar-refractivity contribution in [3.05, 3.63) is 35.9 Å². The van der Waals surface area contributed by atoms with Gasteiger partial charge in [0.1, 0.15) is 0 Å². The number of hydrogen-bond acceptors (Lipinski definition) is 4. The summed E-state index contributed by atoms with van der Waals surface area (Å²) < 4.78 is 29.9. The van der Waals surface area contributed by atoms with Crippen LogP contribution in [0.25, 0.3) is 0 Å². The van der Waals surface area contributed by atoms with E-state index in [0.717, 1.165) is 12.8 Å². The highest BCUT2D eigenvalue weighted by Gasteiger charge is 2.16. The topological polar surface area (TPSA) is 80.4 Å². The van der Waals surface area contributed by atoms with Gasteiger partial charge in [0.25, 0.3) is 10.1 Å². The Morgan fingerprint density at radius 3 is 2.39 bits per heavy atom. The fourth-order valence-corrected chi connectivity index (χ4v) is 2.50. The van der Waals surface area contributed by atoms with Crippen LogP contribution in [-0.4, -0.2) is 30.0 Å². The number of hydrogen-bond donors (Lipinski definition) is 3. The molecule has 1 aromatic carbocycles. The van der Waals surface area contributed by atoms with E-state index in [9.17, 15) is 8.42 Å². The predicted octanol–water partition coefficient (Wildman–Crippen LogP) is 1.52. The minimum absolute atomic E-state index is 0.0769. The molecule has 4 nitrogen and oxygen atoms in total. The van der Waals surface area contributed by atoms with Gasteiger partial charge >= 0.3 is 0 Å². The van der Waals surface area contributed by atoms with Crippen LogP contribution in [0.5, 0.6) is 0 Å². The molecule has 0 radical (unpaired) electrons. The van der Waals surface area contributed by atoms with Crippen molar-refractivity contribution in [1.82, 2.24) is 0 Å². The molecule has 0 saturated carbocycles. The number of aryl methyl sites for hydroxylation is 1. The second-order valence-corrected chi connectivity index (χ2v) is 6.57. The maximum absolute atomic E-state index is 10.6. The first-order valence-corrected chi connectivity index (χ1v) is 7.94. The van der Waals surface area contributed by atoms with Gasteiger partial charge in [0.15, 0.2) is 0 Å². The van der Waals surface area contributed by atoms with Crippen molar-refractivity contribution in [1.29, 1.82) is 0 Å². The van der Waals surface area contributed by atoms with Crippen LogP contribution in [-0.2, 0) is 16.5 Å². The van der Waals surface area contributed by atoms with Crippen molar-refractivity contribution < 1.29 is 13.0 Å². The zero-order chi connectivity index (χ0) is 13.6. The summed E-state index contributed by atoms with van der Waals surface area (Å²) in [7, 11) is -3.93. The summed E-state index contributed by atoms with van der Waals surface area (Å²) in [4.78, 5) is 0. The third-order valence-corrected chi connectivity index (χ3v) is 4.17. The van der Waals surface area contributed by atoms with Crippen LogP contribution in [0.4, 0.5) is 0 Å². The van der Waals surface area contributed by atoms with Gasteiger partial charge in [-0.2, -0.15) is 21.0 Å². The van der Waals surface area contributed by atoms with Crippen LogP contribution in [0.2, 0.25) is 0 Å². The number of rotatable bonds is 7. The van der Waals surface area contributed by atoms with Crippen molar-refractivity contribution in [2.24, 2.45) is 5.73 Å². The summed E-state index contributed by atoms with van der Waals surface area (Å²) in [6.07, 6.45) is 1.86. The lowest BCUT2D eigenvalue weighted by Gasteiger charge is -2.18. The normalized spacial score (nSPS) is 15.3. The van der Waals surface area contributed by atoms with Crippen LogP contribution in [0.15, 0.2) is 30.3 Å². The predicted molar refractivity (Wildman–Crippen MR) is 76.5 cm³/mol. The second kappa shape index (κ2) is 7.13. The molecular weight excluding hydrogens is 270 g/mol. The van der Waals surface area contributed by atoms with E-state index in [2.05, 4.69) is 12.6 Å². The lowest BCUT2D eigenvalue weighted by molar-refractivity contribution is 0.474. The Morgan fingerprint density at radius 1 is 1.22 bits per heavy atom. The molecule has 0 aliphatic carbocycles. The lowest BCUT2D eigenvalue weighted by atomic mass is 10.0. The van der Waals surface area contributed by atoms with E-state index in [1.807, 2.05) is 30.3 Å². The molecule has 102 valence electrons. The Hall–Kier alpha value is -0.560. The van der Waals surface area contributed by atoms with E-state index in [1.54, 1.807) is 0 Å². The molecule has 0 aromatic heterocycles. The molecule has 1 rings (SSSR count). The zero-order valence-electron chi connectivity index (χ0n) is 10.1. The van der Waals surface area contributed by atoms with Gasteiger partial charge in [-0.3, -0.25) is 4.55 Å². The first-order valence-electron chi connectivity index (χ1n) is 5.81. The molecule has 0 saturated heterocycles. The fourth-order valence-electron chi connectivity index (χ4n) is 1.65. The van der Waals surface area contributed by atoms with E-state index >= 15 is 0 Å². The molecule has 0 amide bonds. The van der Waals surface area contributed by atoms with Gasteiger partial charge in [-0.15, -0.1) is 0 Å². The Morgan fingerprint density at radius 2 is 1.83 bits per heavy atom. The first-order chi connectivity index (χ1) is 8.38. The summed E-state index contributed by atoms with van der Waals surface area (Å²) >= 11 is 4.38. The van der Waals surface area contributed by atoms with E-state index in [-0.39, 0.29) is 23.5 Å². The maximum Gasteiger partial charge on any atom is 0.264 e. The minimum Gasteiger partial charge on any atom is -0.327 e. The largest absolute Gasteiger partial charge is 0.327 e. The Labute approximate surface area is 114 Å². The first kappa shape index (κ1) is 15.5. The Balaban J connectivity index is 2.34. The van der Waals surface area contributed by atoms with Crippen molar-refractivity contribution >= 4 is 22.7 Å². The quantitative estimate of drug-likeness (QED) is 0.525. The third-order valence-electron chi connectivity index (χ3n) is 2.77. The van der Waals surface area contributed by atoms with Crippen LogP contribution < -0.4 is 5.73 Å². The van der Waals surface area contributed by atoms with Crippen LogP contribution in [0, 0.1) is 0 Å². The van der Waals surface area contributed by atoms with Gasteiger partial charge in [-0.05, 0) is 24.8 Å². The average molecular weight is 289 g/mol. The maximum atomic E-state index is 10.6. The van der Waals surface area contributed by atoms with Crippen molar-refractivity contribution in [2.45, 2.75) is 30.6 Å². The molecule has 6 heteroatoms. The van der Waals surface area contributed by atoms with Crippen LogP contribution >= 0.6 is 12.6 Å². The number of thiol groups is 1. The average Bonchev–Trinajstić information content (AvgIpc) is 2.33. The molecule has 3 N–H and O–H groups in total. The molecule has 0 spiro atoms. The van der Waals surface area contributed by atoms with E-state index in [1.165, 1.54) is 5.56 Å². The summed E-state index contributed by atoms with van der Waals surface area (Å²) in [6, 6.07) is 9.63. The Kier molecular flexibility index (Phi) is 6.14. The molecule has 0 fully saturated rings. The van der Waals surface area contributed by atoms with Crippen molar-refractivity contribution in [3.63, 3.8) is 0 Å². The van der Waals surface area contributed by atoms with Gasteiger partial charge in [0, 0.05) is 11.3 Å². The fraction of sp³-hybridized carbons (Fsp3) is 0.500. The van der Waals surface area contributed by atoms with Crippen LogP contribution in [0.1, 0.15) is 18.4 Å². The molecule has 2 atom stereocenters. The molecule has 1 aromatic rings. The highest BCUT2D eigenvalue weighted by atomic mass is 32.2. The summed E-state index contributed by atoms with van der Waals surface area (Å²) in [6.45, 7) is 0. The molecule has 0 aliphatic rings. The highest BCUT2D eigenvalue weighted by molar-refractivity contribution is 7.85. The summed E-state index contributed by atoms with van der Waals surface area (Å²) in [5.41, 5.74) is 7.04. The molecule has 0 unspecified atom stereocenters. The third kappa shape index (κ3) is 6.39. The second-order valence-electron chi connectivity index (χ2n) is 4.33. The Bertz CT molecular complexity index is 448. The zero-order valence-corrected chi connectivity index (χ0v) is 11.8. The van der Waals surface area contributed by atoms with Gasteiger partial charge in [0.05, 0.1) is 5.75 Å². The minimum atomic E-state index is -3.93. The standard InChI is InChI=1S/C12H19NO3S2/c13-11(8-9-18(14,15)16)12(17)7-6-10-4-2-1-3-5-10/h1-5,11-12,17H,6-9,13H2,(H,14,15,16)/t11-,12-/m0/s1. The number of benzene rings is 1. The van der Waals surface area contributed by atoms with Gasteiger partial charge in [-0.1, -0.05) is 30.3 Å². The molecule has 0 bridgehead atoms. The summed E-state index contributed by atoms with van der Waals surface area (Å²) in [5, 5.41) is -0.0769. The van der Waals surface area contributed by atoms with Crippen LogP contribution in [0.3, 0.4) is 0 Å². The van der Waals surface area contributed by atoms with E-state index in [4.69, 9.17) is 10.3 Å². The van der Waals surface area contributed by atoms with Gasteiger partial charge in [0.2, 0.25) is 0 Å². The lowest BCUT2D eigenvalue weighted by Crippen LogP contribution is -2.33. The summed E-state index contributed by atoms with van der Waals surface area (Å²) in [5.74, 6) is -0.309. The van der Waals surface area contributed by atoms with Crippen molar-refractivity contribution in [2.75, 3.05) is 5.75 Å². The molecular formula is C12H19NO3S2. The molecule has 0 aliphatic heterocycles. The SMILES string of the molecule is N[C@@H](CCS(=O)(=O)O)[C@@H](S)CCc1ccccc1. The highest BCUT2D eigenvalue weighted by Crippen LogP contribution is 2.13. The molecule has 18 heavy (non-hydrogen) atoms. The van der Waals surface area contributed by atoms with Gasteiger partial charge in [-0.25, -0.2) is 0 Å². The number of nitrogens with two attached hydrogens (primary N) is 1. The molecule has 0 heterocycles. The van der Waals surface area contributed by atoms with E-state index in [0.29, 0.717) is 0 Å². The smallest absolute Gasteiger partial charge is 0.264 e.